The van der Waals surface area contributed by atoms with Crippen LogP contribution < -0.4 is 15.7 Å². The van der Waals surface area contributed by atoms with E-state index in [1.54, 1.807) is 14.2 Å². The summed E-state index contributed by atoms with van der Waals surface area (Å²) in [5.74, 6) is 1.63. The molecular weight excluding hydrogens is 308 g/mol. The molecule has 24 heavy (non-hydrogen) atoms. The summed E-state index contributed by atoms with van der Waals surface area (Å²) < 4.78 is 8.00. The summed E-state index contributed by atoms with van der Waals surface area (Å²) in [6.45, 7) is 4.70. The van der Waals surface area contributed by atoms with Gasteiger partial charge in [0.25, 0.3) is 0 Å². The molecule has 0 saturated heterocycles. The molecule has 1 N–H and O–H groups in total. The Morgan fingerprint density at radius 2 is 1.96 bits per heavy atom. The number of benzene rings is 1. The number of nitrogens with zero attached hydrogens (tertiary/aromatic N) is 3. The fourth-order valence-corrected chi connectivity index (χ4v) is 2.37. The first-order valence-electron chi connectivity index (χ1n) is 7.97. The van der Waals surface area contributed by atoms with Gasteiger partial charge in [-0.25, -0.2) is 9.48 Å². The van der Waals surface area contributed by atoms with Crippen LogP contribution in [0.25, 0.3) is 11.4 Å². The molecule has 130 valence electrons. The normalized spacial score (nSPS) is 10.9. The van der Waals surface area contributed by atoms with E-state index in [0.717, 1.165) is 11.3 Å². The van der Waals surface area contributed by atoms with E-state index >= 15 is 0 Å². The lowest BCUT2D eigenvalue weighted by Gasteiger charge is -2.06. The number of hydrogen-bond acceptors (Lipinski definition) is 4. The number of methoxy groups -OCH3 is 1. The van der Waals surface area contributed by atoms with Crippen LogP contribution in [-0.4, -0.2) is 33.9 Å². The molecular formula is C17H24N4O3. The second-order valence-electron chi connectivity index (χ2n) is 6.06. The van der Waals surface area contributed by atoms with E-state index in [1.165, 1.54) is 9.25 Å². The first-order valence-corrected chi connectivity index (χ1v) is 7.97. The molecule has 0 spiro atoms. The van der Waals surface area contributed by atoms with Gasteiger partial charge >= 0.3 is 5.69 Å². The average molecular weight is 332 g/mol. The van der Waals surface area contributed by atoms with Crippen LogP contribution in [0.4, 0.5) is 0 Å². The highest BCUT2D eigenvalue weighted by Crippen LogP contribution is 2.19. The van der Waals surface area contributed by atoms with E-state index in [0.29, 0.717) is 31.3 Å². The first-order chi connectivity index (χ1) is 11.4. The van der Waals surface area contributed by atoms with E-state index in [2.05, 4.69) is 10.4 Å². The molecule has 0 fully saturated rings. The molecule has 0 aliphatic rings. The van der Waals surface area contributed by atoms with Crippen molar-refractivity contribution >= 4 is 5.91 Å². The summed E-state index contributed by atoms with van der Waals surface area (Å²) in [5.41, 5.74) is 0.622. The van der Waals surface area contributed by atoms with Gasteiger partial charge in [-0.3, -0.25) is 9.36 Å². The fourth-order valence-electron chi connectivity index (χ4n) is 2.37. The number of amides is 1. The highest BCUT2D eigenvalue weighted by atomic mass is 16.5. The molecule has 1 aromatic carbocycles. The van der Waals surface area contributed by atoms with Crippen LogP contribution in [-0.2, 0) is 18.4 Å². The SMILES string of the molecule is COc1ccc(-c2nn(CCNC(=O)CC(C)C)c(=O)n2C)cc1. The second kappa shape index (κ2) is 7.81. The third kappa shape index (κ3) is 4.24. The van der Waals surface area contributed by atoms with Gasteiger partial charge in [-0.05, 0) is 30.2 Å². The molecule has 1 heterocycles. The predicted octanol–water partition coefficient (Wildman–Crippen LogP) is 1.42. The van der Waals surface area contributed by atoms with E-state index in [4.69, 9.17) is 4.74 Å². The molecule has 2 rings (SSSR count). The Morgan fingerprint density at radius 1 is 1.29 bits per heavy atom. The number of rotatable bonds is 7. The molecule has 7 heteroatoms. The summed E-state index contributed by atoms with van der Waals surface area (Å²) in [4.78, 5) is 23.9. The monoisotopic (exact) mass is 332 g/mol. The largest absolute Gasteiger partial charge is 0.497 e. The number of carbonyl (C=O) groups is 1. The summed E-state index contributed by atoms with van der Waals surface area (Å²) in [7, 11) is 3.29. The number of carbonyl (C=O) groups excluding carboxylic acids is 1. The van der Waals surface area contributed by atoms with Gasteiger partial charge in [0.2, 0.25) is 5.91 Å². The zero-order valence-corrected chi connectivity index (χ0v) is 14.6. The van der Waals surface area contributed by atoms with Gasteiger partial charge in [-0.15, -0.1) is 5.10 Å². The molecule has 0 bridgehead atoms. The minimum absolute atomic E-state index is 0.00985. The van der Waals surface area contributed by atoms with Crippen LogP contribution in [0.1, 0.15) is 20.3 Å². The van der Waals surface area contributed by atoms with E-state index < -0.39 is 0 Å². The molecule has 7 nitrogen and oxygen atoms in total. The number of hydrogen-bond donors (Lipinski definition) is 1. The molecule has 0 atom stereocenters. The minimum Gasteiger partial charge on any atom is -0.497 e. The highest BCUT2D eigenvalue weighted by molar-refractivity contribution is 5.75. The molecule has 0 aliphatic heterocycles. The topological polar surface area (TPSA) is 78.2 Å². The summed E-state index contributed by atoms with van der Waals surface area (Å²) in [5, 5.41) is 7.18. The summed E-state index contributed by atoms with van der Waals surface area (Å²) in [6, 6.07) is 7.36. The Balaban J connectivity index is 2.07. The van der Waals surface area contributed by atoms with Crippen LogP contribution in [0.3, 0.4) is 0 Å². The maximum Gasteiger partial charge on any atom is 0.345 e. The quantitative estimate of drug-likeness (QED) is 0.832. The van der Waals surface area contributed by atoms with Crippen molar-refractivity contribution in [1.29, 1.82) is 0 Å². The van der Waals surface area contributed by atoms with Crippen LogP contribution in [0.5, 0.6) is 5.75 Å². The van der Waals surface area contributed by atoms with Crippen LogP contribution in [0.15, 0.2) is 29.1 Å². The Hall–Kier alpha value is -2.57. The van der Waals surface area contributed by atoms with Crippen molar-refractivity contribution in [3.63, 3.8) is 0 Å². The average Bonchev–Trinajstić information content (AvgIpc) is 2.83. The number of ether oxygens (including phenoxy) is 1. The van der Waals surface area contributed by atoms with Gasteiger partial charge < -0.3 is 10.1 Å². The lowest BCUT2D eigenvalue weighted by molar-refractivity contribution is -0.121. The van der Waals surface area contributed by atoms with E-state index in [1.807, 2.05) is 38.1 Å². The molecule has 0 aliphatic carbocycles. The number of nitrogens with one attached hydrogen (secondary N) is 1. The standard InChI is InChI=1S/C17H24N4O3/c1-12(2)11-15(22)18-9-10-21-17(23)20(3)16(19-21)13-5-7-14(24-4)8-6-13/h5-8,12H,9-11H2,1-4H3,(H,18,22). The lowest BCUT2D eigenvalue weighted by atomic mass is 10.1. The Bertz CT molecular complexity index is 744. The maximum absolute atomic E-state index is 12.3. The smallest absolute Gasteiger partial charge is 0.345 e. The molecule has 0 unspecified atom stereocenters. The number of aromatic nitrogens is 3. The third-order valence-electron chi connectivity index (χ3n) is 3.63. The maximum atomic E-state index is 12.3. The van der Waals surface area contributed by atoms with Crippen molar-refractivity contribution < 1.29 is 9.53 Å². The van der Waals surface area contributed by atoms with Gasteiger partial charge in [-0.1, -0.05) is 13.8 Å². The Morgan fingerprint density at radius 3 is 2.54 bits per heavy atom. The molecule has 1 aromatic heterocycles. The predicted molar refractivity (Wildman–Crippen MR) is 91.9 cm³/mol. The van der Waals surface area contributed by atoms with E-state index in [-0.39, 0.29) is 11.6 Å². The van der Waals surface area contributed by atoms with Crippen molar-refractivity contribution in [2.45, 2.75) is 26.8 Å². The zero-order valence-electron chi connectivity index (χ0n) is 14.6. The third-order valence-corrected chi connectivity index (χ3v) is 3.63. The summed E-state index contributed by atoms with van der Waals surface area (Å²) >= 11 is 0. The van der Waals surface area contributed by atoms with Crippen LogP contribution in [0.2, 0.25) is 0 Å². The highest BCUT2D eigenvalue weighted by Gasteiger charge is 2.12. The van der Waals surface area contributed by atoms with Crippen molar-refractivity contribution in [3.8, 4) is 17.1 Å². The van der Waals surface area contributed by atoms with Gasteiger partial charge in [0.15, 0.2) is 5.82 Å². The van der Waals surface area contributed by atoms with Crippen molar-refractivity contribution in [1.82, 2.24) is 19.7 Å². The van der Waals surface area contributed by atoms with Crippen LogP contribution >= 0.6 is 0 Å². The lowest BCUT2D eigenvalue weighted by Crippen LogP contribution is -2.32. The minimum atomic E-state index is -0.209. The molecule has 1 amide bonds. The molecule has 2 aromatic rings. The van der Waals surface area contributed by atoms with Gasteiger partial charge in [0.1, 0.15) is 5.75 Å². The van der Waals surface area contributed by atoms with Gasteiger partial charge in [0, 0.05) is 25.6 Å². The van der Waals surface area contributed by atoms with Crippen molar-refractivity contribution in [2.75, 3.05) is 13.7 Å². The van der Waals surface area contributed by atoms with Gasteiger partial charge in [-0.2, -0.15) is 0 Å². The molecule has 0 saturated carbocycles. The Labute approximate surface area is 141 Å². The van der Waals surface area contributed by atoms with Gasteiger partial charge in [0.05, 0.1) is 13.7 Å². The fraction of sp³-hybridized carbons (Fsp3) is 0.471. The first kappa shape index (κ1) is 17.8. The van der Waals surface area contributed by atoms with E-state index in [9.17, 15) is 9.59 Å². The zero-order chi connectivity index (χ0) is 17.7. The summed E-state index contributed by atoms with van der Waals surface area (Å²) in [6.07, 6.45) is 0.480. The van der Waals surface area contributed by atoms with Crippen molar-refractivity contribution in [2.24, 2.45) is 13.0 Å². The second-order valence-corrected chi connectivity index (χ2v) is 6.06. The van der Waals surface area contributed by atoms with Crippen molar-refractivity contribution in [3.05, 3.63) is 34.7 Å². The van der Waals surface area contributed by atoms with Crippen LogP contribution in [0, 0.1) is 5.92 Å². The Kier molecular flexibility index (Phi) is 5.78. The molecule has 0 radical (unpaired) electrons.